The molecule has 0 radical (unpaired) electrons. The van der Waals surface area contributed by atoms with E-state index in [2.05, 4.69) is 20.2 Å². The first-order chi connectivity index (χ1) is 14.6. The van der Waals surface area contributed by atoms with Gasteiger partial charge < -0.3 is 14.8 Å². The molecule has 12 heteroatoms. The average Bonchev–Trinajstić information content (AvgIpc) is 3.28. The molecule has 0 spiro atoms. The smallest absolute Gasteiger partial charge is 0.333 e. The summed E-state index contributed by atoms with van der Waals surface area (Å²) in [5.74, 6) is 0.205. The Bertz CT molecular complexity index is 1060. The summed E-state index contributed by atoms with van der Waals surface area (Å²) in [6.07, 6.45) is 0.940. The van der Waals surface area contributed by atoms with Gasteiger partial charge in [0.15, 0.2) is 4.90 Å². The number of anilines is 1. The summed E-state index contributed by atoms with van der Waals surface area (Å²) >= 11 is 0. The number of ether oxygens (including phenoxy) is 2. The van der Waals surface area contributed by atoms with Crippen LogP contribution in [0.3, 0.4) is 0 Å². The molecule has 2 aromatic rings. The van der Waals surface area contributed by atoms with Crippen LogP contribution in [0.1, 0.15) is 57.8 Å². The van der Waals surface area contributed by atoms with Crippen molar-refractivity contribution in [2.45, 2.75) is 70.5 Å². The summed E-state index contributed by atoms with van der Waals surface area (Å²) in [7, 11) is -2.66. The van der Waals surface area contributed by atoms with Crippen LogP contribution in [0.2, 0.25) is 0 Å². The highest BCUT2D eigenvalue weighted by Crippen LogP contribution is 2.32. The van der Waals surface area contributed by atoms with Crippen molar-refractivity contribution in [2.75, 3.05) is 19.0 Å². The number of rotatable bonds is 7. The zero-order chi connectivity index (χ0) is 22.9. The zero-order valence-corrected chi connectivity index (χ0v) is 19.5. The van der Waals surface area contributed by atoms with E-state index >= 15 is 0 Å². The van der Waals surface area contributed by atoms with Gasteiger partial charge in [-0.1, -0.05) is 27.7 Å². The third-order valence-corrected chi connectivity index (χ3v) is 6.36. The topological polar surface area (TPSA) is 129 Å². The van der Waals surface area contributed by atoms with Gasteiger partial charge in [0.1, 0.15) is 12.7 Å². The highest BCUT2D eigenvalue weighted by molar-refractivity contribution is 7.90. The third kappa shape index (κ3) is 4.54. The quantitative estimate of drug-likeness (QED) is 0.656. The van der Waals surface area contributed by atoms with E-state index in [0.29, 0.717) is 24.5 Å². The maximum absolute atomic E-state index is 12.9. The number of carbonyl (C=O) groups is 1. The number of hydrogen-bond acceptors (Lipinski definition) is 7. The fourth-order valence-electron chi connectivity index (χ4n) is 3.55. The van der Waals surface area contributed by atoms with Gasteiger partial charge in [-0.3, -0.25) is 4.68 Å². The largest absolute Gasteiger partial charge is 0.474 e. The van der Waals surface area contributed by atoms with Crippen LogP contribution in [0.4, 0.5) is 10.5 Å². The van der Waals surface area contributed by atoms with E-state index in [1.165, 1.54) is 4.68 Å². The predicted molar refractivity (Wildman–Crippen MR) is 114 cm³/mol. The molecule has 0 fully saturated rings. The average molecular weight is 455 g/mol. The molecule has 0 aromatic carbocycles. The molecule has 0 unspecified atom stereocenters. The van der Waals surface area contributed by atoms with Gasteiger partial charge in [0.05, 0.1) is 29.8 Å². The van der Waals surface area contributed by atoms with Gasteiger partial charge in [0.25, 0.3) is 10.0 Å². The highest BCUT2D eigenvalue weighted by Gasteiger charge is 2.32. The minimum absolute atomic E-state index is 0.0435. The fourth-order valence-corrected chi connectivity index (χ4v) is 4.53. The number of methoxy groups -OCH3 is 1. The lowest BCUT2D eigenvalue weighted by atomic mass is 10.0. The van der Waals surface area contributed by atoms with Crippen molar-refractivity contribution in [1.29, 1.82) is 0 Å². The van der Waals surface area contributed by atoms with Crippen LogP contribution in [0.5, 0.6) is 5.88 Å². The Morgan fingerprint density at radius 1 is 1.32 bits per heavy atom. The molecule has 1 aliphatic rings. The molecule has 3 rings (SSSR count). The van der Waals surface area contributed by atoms with E-state index in [1.807, 2.05) is 39.3 Å². The first-order valence-electron chi connectivity index (χ1n) is 10.2. The highest BCUT2D eigenvalue weighted by atomic mass is 32.2. The molecule has 0 saturated carbocycles. The van der Waals surface area contributed by atoms with Gasteiger partial charge >= 0.3 is 6.03 Å². The van der Waals surface area contributed by atoms with Gasteiger partial charge in [-0.05, 0) is 18.8 Å². The van der Waals surface area contributed by atoms with E-state index in [1.54, 1.807) is 7.11 Å². The van der Waals surface area contributed by atoms with Gasteiger partial charge in [-0.25, -0.2) is 22.6 Å². The van der Waals surface area contributed by atoms with E-state index in [9.17, 15) is 13.2 Å². The Hall–Kier alpha value is -2.60. The molecule has 1 aliphatic heterocycles. The van der Waals surface area contributed by atoms with E-state index in [-0.39, 0.29) is 35.3 Å². The van der Waals surface area contributed by atoms with Gasteiger partial charge in [0.2, 0.25) is 5.88 Å². The fraction of sp³-hybridized carbons (Fsp3) is 0.632. The molecule has 2 N–H and O–H groups in total. The number of carbonyl (C=O) groups excluding carboxylic acids is 1. The van der Waals surface area contributed by atoms with Crippen LogP contribution in [0.15, 0.2) is 11.1 Å². The normalized spacial score (nSPS) is 16.3. The van der Waals surface area contributed by atoms with Crippen molar-refractivity contribution in [1.82, 2.24) is 24.3 Å². The van der Waals surface area contributed by atoms with Crippen LogP contribution in [-0.4, -0.2) is 53.8 Å². The number of amides is 2. The minimum Gasteiger partial charge on any atom is -0.474 e. The summed E-state index contributed by atoms with van der Waals surface area (Å²) in [5.41, 5.74) is 2.08. The lowest BCUT2D eigenvalue weighted by Crippen LogP contribution is -2.36. The van der Waals surface area contributed by atoms with Crippen molar-refractivity contribution in [3.63, 3.8) is 0 Å². The molecule has 172 valence electrons. The lowest BCUT2D eigenvalue weighted by molar-refractivity contribution is 0.0165. The van der Waals surface area contributed by atoms with E-state index < -0.39 is 16.1 Å². The Morgan fingerprint density at radius 3 is 2.61 bits per heavy atom. The van der Waals surface area contributed by atoms with Crippen LogP contribution in [0.25, 0.3) is 0 Å². The van der Waals surface area contributed by atoms with Crippen molar-refractivity contribution in [3.8, 4) is 5.88 Å². The Kier molecular flexibility index (Phi) is 6.60. The molecule has 0 aliphatic carbocycles. The van der Waals surface area contributed by atoms with Crippen LogP contribution < -0.4 is 14.8 Å². The standard InChI is InChI=1S/C19H30N6O5S/c1-7-24-17(12(4)5)16(15(22-24)11(2)3)21-19(26)23-31(27,28)14-8-20-25-9-13(29-6)10-30-18(14)25/h8,11-13H,7,9-10H2,1-6H3,(H2,21,23,26)/t13-/m1/s1. The molecule has 11 nitrogen and oxygen atoms in total. The van der Waals surface area contributed by atoms with Crippen molar-refractivity contribution in [2.24, 2.45) is 0 Å². The summed E-state index contributed by atoms with van der Waals surface area (Å²) in [4.78, 5) is 12.5. The van der Waals surface area contributed by atoms with Crippen LogP contribution >= 0.6 is 0 Å². The molecule has 0 saturated heterocycles. The number of aryl methyl sites for hydroxylation is 1. The monoisotopic (exact) mass is 454 g/mol. The minimum atomic E-state index is -4.21. The molecular formula is C19H30N6O5S. The molecular weight excluding hydrogens is 424 g/mol. The van der Waals surface area contributed by atoms with Crippen molar-refractivity contribution in [3.05, 3.63) is 17.6 Å². The maximum Gasteiger partial charge on any atom is 0.333 e. The van der Waals surface area contributed by atoms with Crippen molar-refractivity contribution >= 4 is 21.7 Å². The number of hydrogen-bond donors (Lipinski definition) is 2. The molecule has 0 bridgehead atoms. The van der Waals surface area contributed by atoms with Crippen molar-refractivity contribution < 1.29 is 22.7 Å². The SMILES string of the molecule is CCn1nc(C(C)C)c(NC(=O)NS(=O)(=O)c2cnn3c2OC[C@H](OC)C3)c1C(C)C. The number of urea groups is 1. The summed E-state index contributed by atoms with van der Waals surface area (Å²) < 4.78 is 41.8. The van der Waals surface area contributed by atoms with Gasteiger partial charge in [-0.15, -0.1) is 0 Å². The molecule has 31 heavy (non-hydrogen) atoms. The summed E-state index contributed by atoms with van der Waals surface area (Å²) in [6, 6.07) is -0.870. The second-order valence-corrected chi connectivity index (χ2v) is 9.65. The molecule has 1 atom stereocenters. The van der Waals surface area contributed by atoms with Gasteiger partial charge in [0, 0.05) is 13.7 Å². The lowest BCUT2D eigenvalue weighted by Gasteiger charge is -2.23. The second kappa shape index (κ2) is 8.87. The summed E-state index contributed by atoms with van der Waals surface area (Å²) in [5, 5.41) is 11.4. The number of nitrogens with zero attached hydrogens (tertiary/aromatic N) is 4. The maximum atomic E-state index is 12.9. The number of fused-ring (bicyclic) bond motifs is 1. The Morgan fingerprint density at radius 2 is 2.03 bits per heavy atom. The third-order valence-electron chi connectivity index (χ3n) is 5.04. The second-order valence-electron chi connectivity index (χ2n) is 8.00. The number of aromatic nitrogens is 4. The first kappa shape index (κ1) is 23.1. The first-order valence-corrected chi connectivity index (χ1v) is 11.7. The molecule has 2 amide bonds. The van der Waals surface area contributed by atoms with Gasteiger partial charge in [-0.2, -0.15) is 10.2 Å². The predicted octanol–water partition coefficient (Wildman–Crippen LogP) is 2.26. The zero-order valence-electron chi connectivity index (χ0n) is 18.7. The summed E-state index contributed by atoms with van der Waals surface area (Å²) in [6.45, 7) is 11.1. The number of sulfonamides is 1. The van der Waals surface area contributed by atoms with E-state index in [4.69, 9.17) is 9.47 Å². The molecule has 2 aromatic heterocycles. The van der Waals surface area contributed by atoms with Crippen LogP contribution in [0, 0.1) is 0 Å². The van der Waals surface area contributed by atoms with E-state index in [0.717, 1.165) is 11.9 Å². The van der Waals surface area contributed by atoms with Crippen LogP contribution in [-0.2, 0) is 27.8 Å². The Labute approximate surface area is 182 Å². The number of nitrogens with one attached hydrogen (secondary N) is 2. The Balaban J connectivity index is 1.85. The molecule has 3 heterocycles.